The molecular formula is C26H43O. The van der Waals surface area contributed by atoms with Crippen molar-refractivity contribution in [3.63, 3.8) is 0 Å². The van der Waals surface area contributed by atoms with Gasteiger partial charge in [-0.05, 0) is 25.3 Å². The van der Waals surface area contributed by atoms with Crippen LogP contribution in [0.1, 0.15) is 133 Å². The SMILES string of the molecule is CCCCCCCCCCCCCCCCC[CH]c1ccccc1C(C)=O. The topological polar surface area (TPSA) is 17.1 Å². The monoisotopic (exact) mass is 371 g/mol. The van der Waals surface area contributed by atoms with Crippen LogP contribution in [-0.4, -0.2) is 5.78 Å². The molecule has 0 unspecified atom stereocenters. The van der Waals surface area contributed by atoms with Gasteiger partial charge in [-0.1, -0.05) is 128 Å². The molecule has 153 valence electrons. The van der Waals surface area contributed by atoms with Gasteiger partial charge in [-0.2, -0.15) is 0 Å². The number of hydrogen-bond acceptors (Lipinski definition) is 1. The Morgan fingerprint density at radius 1 is 0.704 bits per heavy atom. The van der Waals surface area contributed by atoms with E-state index in [9.17, 15) is 4.79 Å². The lowest BCUT2D eigenvalue weighted by atomic mass is 9.98. The Morgan fingerprint density at radius 2 is 1.15 bits per heavy atom. The smallest absolute Gasteiger partial charge is 0.160 e. The van der Waals surface area contributed by atoms with Crippen LogP contribution in [0.5, 0.6) is 0 Å². The molecule has 1 aromatic rings. The summed E-state index contributed by atoms with van der Waals surface area (Å²) in [5.41, 5.74) is 1.97. The van der Waals surface area contributed by atoms with E-state index < -0.39 is 0 Å². The minimum atomic E-state index is 0.165. The summed E-state index contributed by atoms with van der Waals surface area (Å²) in [6.45, 7) is 3.94. The van der Waals surface area contributed by atoms with Crippen LogP contribution in [0.4, 0.5) is 0 Å². The minimum Gasteiger partial charge on any atom is -0.295 e. The number of unbranched alkanes of at least 4 members (excludes halogenated alkanes) is 15. The molecule has 0 atom stereocenters. The predicted molar refractivity (Wildman–Crippen MR) is 119 cm³/mol. The third-order valence-corrected chi connectivity index (χ3v) is 5.51. The first-order valence-electron chi connectivity index (χ1n) is 11.7. The molecule has 0 saturated heterocycles. The highest BCUT2D eigenvalue weighted by Crippen LogP contribution is 2.17. The summed E-state index contributed by atoms with van der Waals surface area (Å²) in [7, 11) is 0. The Kier molecular flexibility index (Phi) is 15.1. The van der Waals surface area contributed by atoms with Gasteiger partial charge in [-0.25, -0.2) is 0 Å². The normalized spacial score (nSPS) is 11.0. The van der Waals surface area contributed by atoms with E-state index >= 15 is 0 Å². The first-order chi connectivity index (χ1) is 13.3. The van der Waals surface area contributed by atoms with Gasteiger partial charge in [0.1, 0.15) is 0 Å². The van der Waals surface area contributed by atoms with Crippen LogP contribution >= 0.6 is 0 Å². The molecule has 0 amide bonds. The Morgan fingerprint density at radius 3 is 1.63 bits per heavy atom. The number of rotatable bonds is 18. The number of Topliss-reactive ketones (excluding diaryl/α,β-unsaturated/α-hetero) is 1. The van der Waals surface area contributed by atoms with Crippen molar-refractivity contribution < 1.29 is 4.79 Å². The number of carbonyl (C=O) groups excluding carboxylic acids is 1. The Labute approximate surface area is 169 Å². The molecule has 27 heavy (non-hydrogen) atoms. The lowest BCUT2D eigenvalue weighted by Gasteiger charge is -2.06. The number of ketones is 1. The second-order valence-electron chi connectivity index (χ2n) is 8.09. The lowest BCUT2D eigenvalue weighted by Crippen LogP contribution is -1.98. The summed E-state index contributed by atoms with van der Waals surface area (Å²) in [5, 5.41) is 0. The standard InChI is InChI=1S/C26H43O/c1-3-4-5-6-7-8-9-10-11-12-13-14-15-16-17-18-21-25-22-19-20-23-26(25)24(2)27/h19-23H,3-18H2,1-2H3. The molecule has 0 spiro atoms. The summed E-state index contributed by atoms with van der Waals surface area (Å²) < 4.78 is 0. The van der Waals surface area contributed by atoms with E-state index in [1.165, 1.54) is 96.3 Å². The zero-order chi connectivity index (χ0) is 19.6. The lowest BCUT2D eigenvalue weighted by molar-refractivity contribution is 0.101. The van der Waals surface area contributed by atoms with Crippen LogP contribution in [-0.2, 0) is 0 Å². The quantitative estimate of drug-likeness (QED) is 0.186. The zero-order valence-corrected chi connectivity index (χ0v) is 18.1. The average molecular weight is 372 g/mol. The fraction of sp³-hybridized carbons (Fsp3) is 0.692. The van der Waals surface area contributed by atoms with Crippen molar-refractivity contribution in [3.8, 4) is 0 Å². The largest absolute Gasteiger partial charge is 0.295 e. The van der Waals surface area contributed by atoms with Crippen molar-refractivity contribution in [3.05, 3.63) is 41.8 Å². The highest BCUT2D eigenvalue weighted by Gasteiger charge is 2.05. The fourth-order valence-corrected chi connectivity index (χ4v) is 3.77. The Bertz CT molecular complexity index is 477. The summed E-state index contributed by atoms with van der Waals surface area (Å²) in [6.07, 6.45) is 24.4. The zero-order valence-electron chi connectivity index (χ0n) is 18.1. The second-order valence-corrected chi connectivity index (χ2v) is 8.09. The molecule has 0 aromatic heterocycles. The molecule has 0 aliphatic heterocycles. The number of benzene rings is 1. The number of carbonyl (C=O) groups is 1. The summed E-state index contributed by atoms with van der Waals surface area (Å²) >= 11 is 0. The third-order valence-electron chi connectivity index (χ3n) is 5.51. The summed E-state index contributed by atoms with van der Waals surface area (Å²) in [5.74, 6) is 0.165. The molecule has 1 heteroatoms. The first kappa shape index (κ1) is 23.9. The van der Waals surface area contributed by atoms with Crippen molar-refractivity contribution in [1.82, 2.24) is 0 Å². The highest BCUT2D eigenvalue weighted by molar-refractivity contribution is 5.95. The predicted octanol–water partition coefficient (Wildman–Crippen LogP) is 8.70. The summed E-state index contributed by atoms with van der Waals surface area (Å²) in [6, 6.07) is 7.95. The van der Waals surface area contributed by atoms with E-state index in [0.717, 1.165) is 17.5 Å². The van der Waals surface area contributed by atoms with Crippen LogP contribution in [0.2, 0.25) is 0 Å². The molecule has 1 nitrogen and oxygen atoms in total. The van der Waals surface area contributed by atoms with Crippen molar-refractivity contribution >= 4 is 5.78 Å². The van der Waals surface area contributed by atoms with Crippen LogP contribution in [0, 0.1) is 6.42 Å². The first-order valence-corrected chi connectivity index (χ1v) is 11.7. The molecule has 0 heterocycles. The van der Waals surface area contributed by atoms with Crippen LogP contribution < -0.4 is 0 Å². The van der Waals surface area contributed by atoms with Gasteiger partial charge >= 0.3 is 0 Å². The molecule has 0 aliphatic carbocycles. The molecule has 0 saturated carbocycles. The van der Waals surface area contributed by atoms with Gasteiger partial charge in [-0.15, -0.1) is 0 Å². The van der Waals surface area contributed by atoms with Gasteiger partial charge in [0.05, 0.1) is 0 Å². The molecule has 1 rings (SSSR count). The fourth-order valence-electron chi connectivity index (χ4n) is 3.77. The molecule has 0 fully saturated rings. The maximum atomic E-state index is 11.6. The molecule has 0 bridgehead atoms. The van der Waals surface area contributed by atoms with Gasteiger partial charge in [0.15, 0.2) is 5.78 Å². The number of hydrogen-bond donors (Lipinski definition) is 0. The van der Waals surface area contributed by atoms with Crippen molar-refractivity contribution in [2.45, 2.75) is 117 Å². The van der Waals surface area contributed by atoms with Crippen molar-refractivity contribution in [1.29, 1.82) is 0 Å². The van der Waals surface area contributed by atoms with Gasteiger partial charge in [0, 0.05) is 5.56 Å². The second kappa shape index (κ2) is 17.0. The van der Waals surface area contributed by atoms with Crippen LogP contribution in [0.3, 0.4) is 0 Å². The van der Waals surface area contributed by atoms with E-state index in [-0.39, 0.29) is 5.78 Å². The third kappa shape index (κ3) is 12.8. The van der Waals surface area contributed by atoms with E-state index in [0.29, 0.717) is 0 Å². The van der Waals surface area contributed by atoms with Gasteiger partial charge in [0.2, 0.25) is 0 Å². The van der Waals surface area contributed by atoms with Crippen molar-refractivity contribution in [2.75, 3.05) is 0 Å². The maximum Gasteiger partial charge on any atom is 0.160 e. The van der Waals surface area contributed by atoms with Crippen molar-refractivity contribution in [2.24, 2.45) is 0 Å². The van der Waals surface area contributed by atoms with Gasteiger partial charge < -0.3 is 0 Å². The van der Waals surface area contributed by atoms with E-state index in [1.807, 2.05) is 18.2 Å². The maximum absolute atomic E-state index is 11.6. The van der Waals surface area contributed by atoms with Gasteiger partial charge in [0.25, 0.3) is 0 Å². The van der Waals surface area contributed by atoms with E-state index in [1.54, 1.807) is 6.92 Å². The summed E-state index contributed by atoms with van der Waals surface area (Å²) in [4.78, 5) is 11.6. The minimum absolute atomic E-state index is 0.165. The molecule has 0 N–H and O–H groups in total. The average Bonchev–Trinajstić information content (AvgIpc) is 2.68. The van der Waals surface area contributed by atoms with Gasteiger partial charge in [-0.3, -0.25) is 4.79 Å². The molecule has 1 aromatic carbocycles. The Balaban J connectivity index is 1.85. The van der Waals surface area contributed by atoms with Crippen LogP contribution in [0.25, 0.3) is 0 Å². The van der Waals surface area contributed by atoms with E-state index in [4.69, 9.17) is 0 Å². The molecular weight excluding hydrogens is 328 g/mol. The highest BCUT2D eigenvalue weighted by atomic mass is 16.1. The van der Waals surface area contributed by atoms with E-state index in [2.05, 4.69) is 19.4 Å². The Hall–Kier alpha value is -1.11. The molecule has 0 aliphatic rings. The molecule has 1 radical (unpaired) electrons. The van der Waals surface area contributed by atoms with Crippen LogP contribution in [0.15, 0.2) is 24.3 Å².